The Hall–Kier alpha value is -0.920. The second-order valence-electron chi connectivity index (χ2n) is 4.42. The van der Waals surface area contributed by atoms with E-state index >= 15 is 0 Å². The van der Waals surface area contributed by atoms with Crippen LogP contribution in [0.1, 0.15) is 20.3 Å². The lowest BCUT2D eigenvalue weighted by atomic mass is 9.77. The topological polar surface area (TPSA) is 18.5 Å². The van der Waals surface area contributed by atoms with Gasteiger partial charge in [-0.3, -0.25) is 0 Å². The summed E-state index contributed by atoms with van der Waals surface area (Å²) in [6, 6.07) is 0. The van der Waals surface area contributed by atoms with Crippen LogP contribution in [0.2, 0.25) is 0 Å². The smallest absolute Gasteiger partial charge is 0.118 e. The summed E-state index contributed by atoms with van der Waals surface area (Å²) in [4.78, 5) is 0. The van der Waals surface area contributed by atoms with E-state index in [9.17, 15) is 0 Å². The second kappa shape index (κ2) is 2.79. The van der Waals surface area contributed by atoms with E-state index in [4.69, 9.17) is 9.47 Å². The van der Waals surface area contributed by atoms with E-state index < -0.39 is 0 Å². The fourth-order valence-corrected chi connectivity index (χ4v) is 2.01. The summed E-state index contributed by atoms with van der Waals surface area (Å²) >= 11 is 0. The molecule has 2 rings (SSSR count). The SMILES string of the molecule is COC1=CCC2C(=C1)OCC2(C)C. The average Bonchev–Trinajstić information content (AvgIpc) is 2.42. The van der Waals surface area contributed by atoms with Crippen LogP contribution in [0.15, 0.2) is 23.7 Å². The number of allylic oxidation sites excluding steroid dienone is 3. The van der Waals surface area contributed by atoms with Crippen molar-refractivity contribution in [2.24, 2.45) is 11.3 Å². The average molecular weight is 180 g/mol. The fourth-order valence-electron chi connectivity index (χ4n) is 2.01. The number of methoxy groups -OCH3 is 1. The van der Waals surface area contributed by atoms with Crippen molar-refractivity contribution in [3.8, 4) is 0 Å². The molecule has 0 N–H and O–H groups in total. The van der Waals surface area contributed by atoms with E-state index in [0.717, 1.165) is 24.5 Å². The van der Waals surface area contributed by atoms with Crippen LogP contribution in [-0.2, 0) is 9.47 Å². The van der Waals surface area contributed by atoms with Gasteiger partial charge in [0.1, 0.15) is 11.5 Å². The first-order valence-corrected chi connectivity index (χ1v) is 4.72. The predicted octanol–water partition coefficient (Wildman–Crippen LogP) is 2.48. The molecule has 1 aliphatic carbocycles. The van der Waals surface area contributed by atoms with E-state index in [1.165, 1.54) is 0 Å². The van der Waals surface area contributed by atoms with Gasteiger partial charge >= 0.3 is 0 Å². The van der Waals surface area contributed by atoms with Crippen LogP contribution >= 0.6 is 0 Å². The summed E-state index contributed by atoms with van der Waals surface area (Å²) < 4.78 is 10.8. The molecule has 0 aromatic heterocycles. The lowest BCUT2D eigenvalue weighted by molar-refractivity contribution is 0.200. The summed E-state index contributed by atoms with van der Waals surface area (Å²) in [5, 5.41) is 0. The Bertz CT molecular complexity index is 274. The summed E-state index contributed by atoms with van der Waals surface area (Å²) in [6.07, 6.45) is 5.20. The summed E-state index contributed by atoms with van der Waals surface area (Å²) in [7, 11) is 1.70. The molecule has 1 atom stereocenters. The summed E-state index contributed by atoms with van der Waals surface area (Å²) in [5.41, 5.74) is 0.279. The van der Waals surface area contributed by atoms with Gasteiger partial charge in [0.2, 0.25) is 0 Å². The molecule has 1 heterocycles. The molecule has 1 unspecified atom stereocenters. The first kappa shape index (κ1) is 8.67. The molecule has 0 saturated carbocycles. The minimum atomic E-state index is 0.279. The Morgan fingerprint density at radius 2 is 2.31 bits per heavy atom. The molecule has 1 aliphatic heterocycles. The molecule has 0 amide bonds. The Morgan fingerprint density at radius 1 is 1.54 bits per heavy atom. The minimum absolute atomic E-state index is 0.279. The van der Waals surface area contributed by atoms with Crippen molar-refractivity contribution in [1.29, 1.82) is 0 Å². The molecule has 13 heavy (non-hydrogen) atoms. The standard InChI is InChI=1S/C11H16O2/c1-11(2)7-13-10-6-8(12-3)4-5-9(10)11/h4,6,9H,5,7H2,1-3H3. The molecule has 0 radical (unpaired) electrons. The molecule has 2 aliphatic rings. The van der Waals surface area contributed by atoms with Crippen molar-refractivity contribution in [3.05, 3.63) is 23.7 Å². The zero-order valence-electron chi connectivity index (χ0n) is 8.46. The molecule has 0 aromatic carbocycles. The van der Waals surface area contributed by atoms with Crippen molar-refractivity contribution in [1.82, 2.24) is 0 Å². The number of rotatable bonds is 1. The Labute approximate surface area is 79.2 Å². The van der Waals surface area contributed by atoms with E-state index in [0.29, 0.717) is 5.92 Å². The number of hydrogen-bond donors (Lipinski definition) is 0. The highest BCUT2D eigenvalue weighted by Gasteiger charge is 2.40. The van der Waals surface area contributed by atoms with E-state index in [-0.39, 0.29) is 5.41 Å². The van der Waals surface area contributed by atoms with Crippen LogP contribution in [0.25, 0.3) is 0 Å². The minimum Gasteiger partial charge on any atom is -0.497 e. The molecule has 72 valence electrons. The van der Waals surface area contributed by atoms with E-state index in [1.54, 1.807) is 7.11 Å². The largest absolute Gasteiger partial charge is 0.497 e. The van der Waals surface area contributed by atoms with Gasteiger partial charge in [0.05, 0.1) is 13.7 Å². The normalized spacial score (nSPS) is 29.9. The maximum atomic E-state index is 5.64. The molecule has 0 spiro atoms. The molecule has 1 saturated heterocycles. The highest BCUT2D eigenvalue weighted by Crippen LogP contribution is 2.45. The third kappa shape index (κ3) is 1.34. The van der Waals surface area contributed by atoms with Crippen LogP contribution in [-0.4, -0.2) is 13.7 Å². The van der Waals surface area contributed by atoms with Crippen molar-refractivity contribution < 1.29 is 9.47 Å². The third-order valence-electron chi connectivity index (χ3n) is 2.97. The lowest BCUT2D eigenvalue weighted by Gasteiger charge is -2.24. The van der Waals surface area contributed by atoms with E-state index in [1.807, 2.05) is 6.08 Å². The molecule has 0 bridgehead atoms. The lowest BCUT2D eigenvalue weighted by Crippen LogP contribution is -2.21. The van der Waals surface area contributed by atoms with Gasteiger partial charge in [0.25, 0.3) is 0 Å². The third-order valence-corrected chi connectivity index (χ3v) is 2.97. The zero-order valence-corrected chi connectivity index (χ0v) is 8.46. The van der Waals surface area contributed by atoms with Crippen LogP contribution < -0.4 is 0 Å². The molecule has 1 fully saturated rings. The van der Waals surface area contributed by atoms with Gasteiger partial charge in [0.15, 0.2) is 0 Å². The van der Waals surface area contributed by atoms with Crippen LogP contribution in [0.5, 0.6) is 0 Å². The van der Waals surface area contributed by atoms with Gasteiger partial charge in [0, 0.05) is 17.4 Å². The Kier molecular flexibility index (Phi) is 1.86. The van der Waals surface area contributed by atoms with Crippen molar-refractivity contribution >= 4 is 0 Å². The number of fused-ring (bicyclic) bond motifs is 1. The van der Waals surface area contributed by atoms with Crippen LogP contribution in [0.4, 0.5) is 0 Å². The van der Waals surface area contributed by atoms with Crippen LogP contribution in [0, 0.1) is 11.3 Å². The molecular weight excluding hydrogens is 164 g/mol. The number of ether oxygens (including phenoxy) is 2. The predicted molar refractivity (Wildman–Crippen MR) is 51.0 cm³/mol. The zero-order chi connectivity index (χ0) is 9.47. The van der Waals surface area contributed by atoms with Gasteiger partial charge < -0.3 is 9.47 Å². The van der Waals surface area contributed by atoms with Gasteiger partial charge in [-0.1, -0.05) is 13.8 Å². The Balaban J connectivity index is 2.23. The maximum absolute atomic E-state index is 5.64. The highest BCUT2D eigenvalue weighted by molar-refractivity contribution is 5.26. The second-order valence-corrected chi connectivity index (χ2v) is 4.42. The summed E-state index contributed by atoms with van der Waals surface area (Å²) in [6.45, 7) is 5.34. The van der Waals surface area contributed by atoms with Gasteiger partial charge in [-0.25, -0.2) is 0 Å². The molecular formula is C11H16O2. The van der Waals surface area contributed by atoms with Gasteiger partial charge in [-0.15, -0.1) is 0 Å². The maximum Gasteiger partial charge on any atom is 0.118 e. The molecule has 0 aromatic rings. The Morgan fingerprint density at radius 3 is 3.00 bits per heavy atom. The summed E-state index contributed by atoms with van der Waals surface area (Å²) in [5.74, 6) is 2.58. The van der Waals surface area contributed by atoms with Crippen molar-refractivity contribution in [2.75, 3.05) is 13.7 Å². The fraction of sp³-hybridized carbons (Fsp3) is 0.636. The monoisotopic (exact) mass is 180 g/mol. The highest BCUT2D eigenvalue weighted by atomic mass is 16.5. The quantitative estimate of drug-likeness (QED) is 0.617. The van der Waals surface area contributed by atoms with Crippen LogP contribution in [0.3, 0.4) is 0 Å². The van der Waals surface area contributed by atoms with Crippen molar-refractivity contribution in [3.63, 3.8) is 0 Å². The van der Waals surface area contributed by atoms with Gasteiger partial charge in [-0.05, 0) is 12.5 Å². The molecule has 2 nitrogen and oxygen atoms in total. The molecule has 2 heteroatoms. The number of hydrogen-bond acceptors (Lipinski definition) is 2. The first-order chi connectivity index (χ1) is 6.13. The van der Waals surface area contributed by atoms with E-state index in [2.05, 4.69) is 19.9 Å². The van der Waals surface area contributed by atoms with Crippen molar-refractivity contribution in [2.45, 2.75) is 20.3 Å². The van der Waals surface area contributed by atoms with Gasteiger partial charge in [-0.2, -0.15) is 0 Å². The first-order valence-electron chi connectivity index (χ1n) is 4.72.